The van der Waals surface area contributed by atoms with Crippen molar-refractivity contribution in [3.05, 3.63) is 54.4 Å². The summed E-state index contributed by atoms with van der Waals surface area (Å²) in [4.78, 5) is 4.54. The van der Waals surface area contributed by atoms with Crippen molar-refractivity contribution in [3.63, 3.8) is 0 Å². The van der Waals surface area contributed by atoms with Crippen molar-refractivity contribution in [2.45, 2.75) is 20.0 Å². The molecule has 1 aromatic heterocycles. The van der Waals surface area contributed by atoms with E-state index >= 15 is 0 Å². The van der Waals surface area contributed by atoms with Gasteiger partial charge in [-0.25, -0.2) is 4.98 Å². The first-order valence-electron chi connectivity index (χ1n) is 8.12. The van der Waals surface area contributed by atoms with Crippen LogP contribution in [0.4, 0.5) is 0 Å². The summed E-state index contributed by atoms with van der Waals surface area (Å²) in [5.41, 5.74) is 2.27. The molecule has 0 aliphatic heterocycles. The van der Waals surface area contributed by atoms with Crippen LogP contribution in [0.3, 0.4) is 0 Å². The fraction of sp³-hybridized carbons (Fsp3) is 0.250. The predicted molar refractivity (Wildman–Crippen MR) is 95.4 cm³/mol. The molecule has 1 atom stereocenters. The van der Waals surface area contributed by atoms with Crippen LogP contribution in [0.5, 0.6) is 11.5 Å². The second kappa shape index (κ2) is 6.99. The van der Waals surface area contributed by atoms with Gasteiger partial charge in [-0.05, 0) is 54.4 Å². The van der Waals surface area contributed by atoms with Gasteiger partial charge in [-0.15, -0.1) is 0 Å². The Bertz CT molecular complexity index is 835. The zero-order chi connectivity index (χ0) is 18.0. The summed E-state index contributed by atoms with van der Waals surface area (Å²) in [6.45, 7) is 3.81. The van der Waals surface area contributed by atoms with Crippen LogP contribution in [0.25, 0.3) is 22.6 Å². The third-order valence-corrected chi connectivity index (χ3v) is 4.02. The molecular formula is C20H21NO4. The SMILES string of the molecule is COc1ccc(-c2nc(C(O)C(C)C)oc2-c2ccc(O)cc2)cc1. The van der Waals surface area contributed by atoms with Gasteiger partial charge in [-0.3, -0.25) is 0 Å². The van der Waals surface area contributed by atoms with Gasteiger partial charge in [0.15, 0.2) is 5.76 Å². The summed E-state index contributed by atoms with van der Waals surface area (Å²) in [6, 6.07) is 14.2. The summed E-state index contributed by atoms with van der Waals surface area (Å²) in [5.74, 6) is 1.75. The number of aromatic nitrogens is 1. The number of aliphatic hydroxyl groups is 1. The quantitative estimate of drug-likeness (QED) is 0.720. The number of phenolic OH excluding ortho intramolecular Hbond substituents is 1. The molecule has 1 heterocycles. The summed E-state index contributed by atoms with van der Waals surface area (Å²) in [6.07, 6.45) is -0.789. The van der Waals surface area contributed by atoms with E-state index in [1.807, 2.05) is 38.1 Å². The molecule has 2 aromatic carbocycles. The van der Waals surface area contributed by atoms with Gasteiger partial charge < -0.3 is 19.4 Å². The Labute approximate surface area is 146 Å². The molecule has 0 radical (unpaired) electrons. The van der Waals surface area contributed by atoms with E-state index in [9.17, 15) is 10.2 Å². The number of ether oxygens (including phenoxy) is 1. The van der Waals surface area contributed by atoms with E-state index in [0.29, 0.717) is 11.5 Å². The van der Waals surface area contributed by atoms with Crippen molar-refractivity contribution in [2.24, 2.45) is 5.92 Å². The number of oxazole rings is 1. The second-order valence-electron chi connectivity index (χ2n) is 6.19. The molecule has 130 valence electrons. The van der Waals surface area contributed by atoms with E-state index < -0.39 is 6.10 Å². The first-order chi connectivity index (χ1) is 12.0. The van der Waals surface area contributed by atoms with Crippen molar-refractivity contribution in [2.75, 3.05) is 7.11 Å². The van der Waals surface area contributed by atoms with Crippen LogP contribution >= 0.6 is 0 Å². The number of hydrogen-bond donors (Lipinski definition) is 2. The van der Waals surface area contributed by atoms with Crippen LogP contribution in [0, 0.1) is 5.92 Å². The predicted octanol–water partition coefficient (Wildman–Crippen LogP) is 4.41. The minimum Gasteiger partial charge on any atom is -0.508 e. The van der Waals surface area contributed by atoms with Gasteiger partial charge in [0, 0.05) is 11.1 Å². The zero-order valence-electron chi connectivity index (χ0n) is 14.4. The smallest absolute Gasteiger partial charge is 0.224 e. The molecule has 5 heteroatoms. The third kappa shape index (κ3) is 3.51. The minimum atomic E-state index is -0.789. The highest BCUT2D eigenvalue weighted by Gasteiger charge is 2.23. The lowest BCUT2D eigenvalue weighted by Crippen LogP contribution is -2.05. The average molecular weight is 339 g/mol. The molecule has 0 saturated heterocycles. The maximum Gasteiger partial charge on any atom is 0.224 e. The van der Waals surface area contributed by atoms with Crippen molar-refractivity contribution >= 4 is 0 Å². The van der Waals surface area contributed by atoms with Gasteiger partial charge in [0.05, 0.1) is 7.11 Å². The molecular weight excluding hydrogens is 318 g/mol. The summed E-state index contributed by atoms with van der Waals surface area (Å²) in [5, 5.41) is 19.9. The molecule has 3 aromatic rings. The van der Waals surface area contributed by atoms with Crippen molar-refractivity contribution in [1.29, 1.82) is 0 Å². The van der Waals surface area contributed by atoms with E-state index in [4.69, 9.17) is 9.15 Å². The van der Waals surface area contributed by atoms with Crippen LogP contribution in [0.1, 0.15) is 25.8 Å². The maximum atomic E-state index is 10.3. The van der Waals surface area contributed by atoms with Crippen LogP contribution in [0.15, 0.2) is 52.9 Å². The Morgan fingerprint density at radius 1 is 0.960 bits per heavy atom. The second-order valence-corrected chi connectivity index (χ2v) is 6.19. The zero-order valence-corrected chi connectivity index (χ0v) is 14.4. The number of nitrogens with zero attached hydrogens (tertiary/aromatic N) is 1. The molecule has 0 amide bonds. The van der Waals surface area contributed by atoms with E-state index in [1.54, 1.807) is 31.4 Å². The normalized spacial score (nSPS) is 12.4. The molecule has 0 bridgehead atoms. The maximum absolute atomic E-state index is 10.3. The van der Waals surface area contributed by atoms with Crippen molar-refractivity contribution < 1.29 is 19.4 Å². The molecule has 0 fully saturated rings. The largest absolute Gasteiger partial charge is 0.508 e. The van der Waals surface area contributed by atoms with Crippen LogP contribution in [-0.4, -0.2) is 22.3 Å². The highest BCUT2D eigenvalue weighted by molar-refractivity contribution is 5.77. The molecule has 0 aliphatic rings. The lowest BCUT2D eigenvalue weighted by atomic mass is 10.1. The van der Waals surface area contributed by atoms with Gasteiger partial charge in [-0.2, -0.15) is 0 Å². The van der Waals surface area contributed by atoms with Gasteiger partial charge in [0.1, 0.15) is 23.3 Å². The molecule has 0 spiro atoms. The molecule has 0 saturated carbocycles. The summed E-state index contributed by atoms with van der Waals surface area (Å²) in [7, 11) is 1.62. The Hall–Kier alpha value is -2.79. The van der Waals surface area contributed by atoms with Crippen LogP contribution in [-0.2, 0) is 0 Å². The monoisotopic (exact) mass is 339 g/mol. The average Bonchev–Trinajstić information content (AvgIpc) is 3.07. The fourth-order valence-corrected chi connectivity index (χ4v) is 2.50. The number of benzene rings is 2. The van der Waals surface area contributed by atoms with E-state index in [2.05, 4.69) is 4.98 Å². The van der Waals surface area contributed by atoms with Gasteiger partial charge >= 0.3 is 0 Å². The summed E-state index contributed by atoms with van der Waals surface area (Å²) < 4.78 is 11.1. The number of aromatic hydroxyl groups is 1. The van der Waals surface area contributed by atoms with Crippen LogP contribution < -0.4 is 4.74 Å². The Kier molecular flexibility index (Phi) is 4.76. The van der Waals surface area contributed by atoms with E-state index in [0.717, 1.165) is 16.9 Å². The topological polar surface area (TPSA) is 75.7 Å². The lowest BCUT2D eigenvalue weighted by Gasteiger charge is -2.09. The Balaban J connectivity index is 2.12. The number of methoxy groups -OCH3 is 1. The molecule has 0 aliphatic carbocycles. The number of rotatable bonds is 5. The molecule has 3 rings (SSSR count). The number of hydrogen-bond acceptors (Lipinski definition) is 5. The third-order valence-electron chi connectivity index (χ3n) is 4.02. The standard InChI is InChI=1S/C20H21NO4/c1-12(2)18(23)20-21-17(13-6-10-16(24-3)11-7-13)19(25-20)14-4-8-15(22)9-5-14/h4-12,18,22-23H,1-3H3. The Morgan fingerprint density at radius 3 is 2.12 bits per heavy atom. The minimum absolute atomic E-state index is 0.0185. The van der Waals surface area contributed by atoms with Crippen molar-refractivity contribution in [3.8, 4) is 34.1 Å². The molecule has 2 N–H and O–H groups in total. The molecule has 1 unspecified atom stereocenters. The number of phenols is 1. The van der Waals surface area contributed by atoms with Gasteiger partial charge in [-0.1, -0.05) is 13.8 Å². The highest BCUT2D eigenvalue weighted by atomic mass is 16.5. The molecule has 25 heavy (non-hydrogen) atoms. The molecule has 5 nitrogen and oxygen atoms in total. The lowest BCUT2D eigenvalue weighted by molar-refractivity contribution is 0.0977. The number of aliphatic hydroxyl groups excluding tert-OH is 1. The van der Waals surface area contributed by atoms with Crippen molar-refractivity contribution in [1.82, 2.24) is 4.98 Å². The van der Waals surface area contributed by atoms with Crippen LogP contribution in [0.2, 0.25) is 0 Å². The first kappa shape index (κ1) is 17.0. The fourth-order valence-electron chi connectivity index (χ4n) is 2.50. The Morgan fingerprint density at radius 2 is 1.56 bits per heavy atom. The van der Waals surface area contributed by atoms with Gasteiger partial charge in [0.25, 0.3) is 0 Å². The first-order valence-corrected chi connectivity index (χ1v) is 8.12. The van der Waals surface area contributed by atoms with Gasteiger partial charge in [0.2, 0.25) is 5.89 Å². The van der Waals surface area contributed by atoms with E-state index in [1.165, 1.54) is 0 Å². The summed E-state index contributed by atoms with van der Waals surface area (Å²) >= 11 is 0. The highest BCUT2D eigenvalue weighted by Crippen LogP contribution is 2.36. The van der Waals surface area contributed by atoms with E-state index in [-0.39, 0.29) is 17.6 Å².